The number of hydrogen-bond donors (Lipinski definition) is 3. The van der Waals surface area contributed by atoms with Crippen molar-refractivity contribution in [2.75, 3.05) is 11.9 Å². The summed E-state index contributed by atoms with van der Waals surface area (Å²) >= 11 is 0. The van der Waals surface area contributed by atoms with Crippen LogP contribution in [-0.4, -0.2) is 18.7 Å². The Kier molecular flexibility index (Phi) is 5.03. The Hall–Kier alpha value is -2.10. The summed E-state index contributed by atoms with van der Waals surface area (Å²) in [6, 6.07) is 8.21. The van der Waals surface area contributed by atoms with Gasteiger partial charge >= 0.3 is 0 Å². The number of rotatable bonds is 8. The van der Waals surface area contributed by atoms with Crippen LogP contribution >= 0.6 is 0 Å². The zero-order valence-corrected chi connectivity index (χ0v) is 14.4. The highest BCUT2D eigenvalue weighted by atomic mass is 16.2. The standard InChI is InChI=1S/C20H27N3O/c1-2-12-22-19(24)20(10-3-11-20)17-6-8-18(9-7-17)23-14-16(13-21)15-4-5-15/h6-9,13-15,21,23H,2-5,10-12H2,1H3,(H,22,24)/b16-14+,21-13?. The molecule has 2 aliphatic rings. The fourth-order valence-corrected chi connectivity index (χ4v) is 3.33. The Morgan fingerprint density at radius 3 is 2.50 bits per heavy atom. The lowest BCUT2D eigenvalue weighted by molar-refractivity contribution is -0.129. The fourth-order valence-electron chi connectivity index (χ4n) is 3.33. The molecule has 0 heterocycles. The summed E-state index contributed by atoms with van der Waals surface area (Å²) in [6.07, 6.45) is 9.73. The Bertz CT molecular complexity index is 625. The maximum atomic E-state index is 12.6. The molecule has 0 atom stereocenters. The van der Waals surface area contributed by atoms with Gasteiger partial charge in [0.05, 0.1) is 5.41 Å². The molecule has 24 heavy (non-hydrogen) atoms. The van der Waals surface area contributed by atoms with Crippen LogP contribution in [0.15, 0.2) is 36.0 Å². The van der Waals surface area contributed by atoms with Crippen molar-refractivity contribution < 1.29 is 4.79 Å². The van der Waals surface area contributed by atoms with Gasteiger partial charge in [-0.2, -0.15) is 0 Å². The van der Waals surface area contributed by atoms with Gasteiger partial charge in [0.25, 0.3) is 0 Å². The molecule has 2 saturated carbocycles. The number of benzene rings is 1. The van der Waals surface area contributed by atoms with Crippen molar-refractivity contribution in [2.45, 2.75) is 50.9 Å². The summed E-state index contributed by atoms with van der Waals surface area (Å²) < 4.78 is 0. The van der Waals surface area contributed by atoms with Gasteiger partial charge in [-0.05, 0) is 61.3 Å². The van der Waals surface area contributed by atoms with E-state index in [-0.39, 0.29) is 11.3 Å². The Morgan fingerprint density at radius 2 is 2.00 bits per heavy atom. The van der Waals surface area contributed by atoms with Crippen LogP contribution in [0.2, 0.25) is 0 Å². The van der Waals surface area contributed by atoms with Crippen molar-refractivity contribution in [3.63, 3.8) is 0 Å². The van der Waals surface area contributed by atoms with Gasteiger partial charge in [0.15, 0.2) is 0 Å². The predicted octanol–water partition coefficient (Wildman–Crippen LogP) is 3.99. The van der Waals surface area contributed by atoms with Crippen LogP contribution in [0.3, 0.4) is 0 Å². The van der Waals surface area contributed by atoms with Gasteiger partial charge < -0.3 is 16.0 Å². The number of carbonyl (C=O) groups is 1. The maximum Gasteiger partial charge on any atom is 0.230 e. The van der Waals surface area contributed by atoms with Crippen LogP contribution in [0.5, 0.6) is 0 Å². The van der Waals surface area contributed by atoms with Crippen LogP contribution < -0.4 is 10.6 Å². The lowest BCUT2D eigenvalue weighted by atomic mass is 9.64. The lowest BCUT2D eigenvalue weighted by Gasteiger charge is -2.40. The highest BCUT2D eigenvalue weighted by Crippen LogP contribution is 2.44. The average molecular weight is 325 g/mol. The van der Waals surface area contributed by atoms with Crippen LogP contribution in [0.4, 0.5) is 5.69 Å². The van der Waals surface area contributed by atoms with Crippen LogP contribution in [0.1, 0.15) is 51.0 Å². The summed E-state index contributed by atoms with van der Waals surface area (Å²) in [5, 5.41) is 13.8. The number of carbonyl (C=O) groups excluding carboxylic acids is 1. The quantitative estimate of drug-likeness (QED) is 0.633. The molecule has 0 unspecified atom stereocenters. The molecule has 0 aromatic heterocycles. The molecule has 4 heteroatoms. The molecule has 3 N–H and O–H groups in total. The van der Waals surface area contributed by atoms with E-state index < -0.39 is 0 Å². The summed E-state index contributed by atoms with van der Waals surface area (Å²) in [5.74, 6) is 0.741. The molecule has 2 aliphatic carbocycles. The van der Waals surface area contributed by atoms with Crippen molar-refractivity contribution in [3.05, 3.63) is 41.6 Å². The van der Waals surface area contributed by atoms with Crippen LogP contribution in [0.25, 0.3) is 0 Å². The number of nitrogens with one attached hydrogen (secondary N) is 3. The molecule has 0 saturated heterocycles. The van der Waals surface area contributed by atoms with E-state index >= 15 is 0 Å². The zero-order chi connectivity index (χ0) is 17.0. The fraction of sp³-hybridized carbons (Fsp3) is 0.500. The van der Waals surface area contributed by atoms with E-state index in [4.69, 9.17) is 5.41 Å². The first-order valence-electron chi connectivity index (χ1n) is 9.05. The molecule has 4 nitrogen and oxygen atoms in total. The van der Waals surface area contributed by atoms with Gasteiger partial charge in [-0.15, -0.1) is 0 Å². The van der Waals surface area contributed by atoms with E-state index in [1.54, 1.807) is 0 Å². The van der Waals surface area contributed by atoms with E-state index in [2.05, 4.69) is 29.7 Å². The normalized spacial score (nSPS) is 19.3. The second-order valence-electron chi connectivity index (χ2n) is 6.98. The maximum absolute atomic E-state index is 12.6. The van der Waals surface area contributed by atoms with Crippen molar-refractivity contribution in [3.8, 4) is 0 Å². The summed E-state index contributed by atoms with van der Waals surface area (Å²) in [7, 11) is 0. The van der Waals surface area contributed by atoms with E-state index in [1.807, 2.05) is 18.3 Å². The Labute approximate surface area is 144 Å². The third kappa shape index (κ3) is 3.37. The van der Waals surface area contributed by atoms with Gasteiger partial charge in [0.1, 0.15) is 0 Å². The lowest BCUT2D eigenvalue weighted by Crippen LogP contribution is -2.49. The SMILES string of the molecule is CCCNC(=O)C1(c2ccc(N/C=C(\C=N)C3CC3)cc2)CCC1. The number of hydrogen-bond acceptors (Lipinski definition) is 3. The number of allylic oxidation sites excluding steroid dienone is 1. The first-order valence-corrected chi connectivity index (χ1v) is 9.05. The molecule has 1 aromatic rings. The van der Waals surface area contributed by atoms with E-state index in [9.17, 15) is 4.79 Å². The molecule has 0 radical (unpaired) electrons. The van der Waals surface area contributed by atoms with Crippen molar-refractivity contribution in [1.82, 2.24) is 5.32 Å². The minimum absolute atomic E-state index is 0.177. The van der Waals surface area contributed by atoms with E-state index in [1.165, 1.54) is 19.1 Å². The van der Waals surface area contributed by atoms with E-state index in [0.29, 0.717) is 5.92 Å². The second kappa shape index (κ2) is 7.20. The molecule has 2 fully saturated rings. The van der Waals surface area contributed by atoms with Crippen LogP contribution in [-0.2, 0) is 10.2 Å². The number of amides is 1. The third-order valence-electron chi connectivity index (χ3n) is 5.24. The Morgan fingerprint density at radius 1 is 1.29 bits per heavy atom. The molecule has 0 spiro atoms. The molecule has 1 amide bonds. The average Bonchev–Trinajstić information content (AvgIpc) is 3.39. The van der Waals surface area contributed by atoms with Gasteiger partial charge in [0.2, 0.25) is 5.91 Å². The van der Waals surface area contributed by atoms with Gasteiger partial charge in [0, 0.05) is 24.6 Å². The minimum Gasteiger partial charge on any atom is -0.361 e. The first kappa shape index (κ1) is 16.7. The molecule has 128 valence electrons. The topological polar surface area (TPSA) is 65.0 Å². The second-order valence-corrected chi connectivity index (χ2v) is 6.98. The summed E-state index contributed by atoms with van der Waals surface area (Å²) in [5.41, 5.74) is 2.86. The van der Waals surface area contributed by atoms with Gasteiger partial charge in [-0.25, -0.2) is 0 Å². The van der Waals surface area contributed by atoms with Crippen molar-refractivity contribution in [2.24, 2.45) is 5.92 Å². The molecule has 0 bridgehead atoms. The third-order valence-corrected chi connectivity index (χ3v) is 5.24. The van der Waals surface area contributed by atoms with Crippen molar-refractivity contribution >= 4 is 17.8 Å². The highest BCUT2D eigenvalue weighted by Gasteiger charge is 2.45. The van der Waals surface area contributed by atoms with Gasteiger partial charge in [-0.1, -0.05) is 25.5 Å². The molecular formula is C20H27N3O. The largest absolute Gasteiger partial charge is 0.361 e. The molecule has 0 aliphatic heterocycles. The molecule has 3 rings (SSSR count). The smallest absolute Gasteiger partial charge is 0.230 e. The predicted molar refractivity (Wildman–Crippen MR) is 98.5 cm³/mol. The first-order chi connectivity index (χ1) is 11.7. The zero-order valence-electron chi connectivity index (χ0n) is 14.4. The van der Waals surface area contributed by atoms with Gasteiger partial charge in [-0.3, -0.25) is 4.79 Å². The highest BCUT2D eigenvalue weighted by molar-refractivity contribution is 5.89. The summed E-state index contributed by atoms with van der Waals surface area (Å²) in [6.45, 7) is 2.82. The summed E-state index contributed by atoms with van der Waals surface area (Å²) in [4.78, 5) is 12.6. The van der Waals surface area contributed by atoms with Crippen molar-refractivity contribution in [1.29, 1.82) is 5.41 Å². The Balaban J connectivity index is 1.69. The van der Waals surface area contributed by atoms with Crippen LogP contribution in [0, 0.1) is 11.3 Å². The monoisotopic (exact) mass is 325 g/mol. The number of anilines is 1. The molecule has 1 aromatic carbocycles. The molecular weight excluding hydrogens is 298 g/mol. The van der Waals surface area contributed by atoms with E-state index in [0.717, 1.165) is 49.1 Å². The minimum atomic E-state index is -0.322.